The van der Waals surface area contributed by atoms with Crippen LogP contribution in [0.15, 0.2) is 40.4 Å². The van der Waals surface area contributed by atoms with Crippen molar-refractivity contribution in [2.45, 2.75) is 46.8 Å². The first kappa shape index (κ1) is 24.8. The molecule has 2 amide bonds. The average Bonchev–Trinajstić information content (AvgIpc) is 3.47. The molecule has 1 saturated heterocycles. The van der Waals surface area contributed by atoms with Gasteiger partial charge in [-0.25, -0.2) is 0 Å². The number of anilines is 1. The number of hydrogen-bond acceptors (Lipinski definition) is 7. The van der Waals surface area contributed by atoms with Gasteiger partial charge in [-0.1, -0.05) is 17.3 Å². The fraction of sp³-hybridized carbons (Fsp3) is 0.308. The van der Waals surface area contributed by atoms with Crippen molar-refractivity contribution in [3.63, 3.8) is 0 Å². The first-order valence-corrected chi connectivity index (χ1v) is 11.5. The van der Waals surface area contributed by atoms with E-state index in [1.807, 2.05) is 13.8 Å². The van der Waals surface area contributed by atoms with E-state index in [1.54, 1.807) is 51.1 Å². The van der Waals surface area contributed by atoms with Crippen LogP contribution < -0.4 is 15.0 Å². The van der Waals surface area contributed by atoms with Crippen LogP contribution in [0.4, 0.5) is 5.82 Å². The van der Waals surface area contributed by atoms with Crippen LogP contribution in [-0.4, -0.2) is 46.0 Å². The van der Waals surface area contributed by atoms with Crippen molar-refractivity contribution >= 4 is 29.2 Å². The molecule has 0 aliphatic carbocycles. The summed E-state index contributed by atoms with van der Waals surface area (Å²) in [5, 5.41) is 18.0. The summed E-state index contributed by atoms with van der Waals surface area (Å²) in [5.74, 6) is -1.25. The summed E-state index contributed by atoms with van der Waals surface area (Å²) in [6.45, 7) is 8.83. The number of ether oxygens (including phenoxy) is 1. The third-order valence-electron chi connectivity index (χ3n) is 6.00. The van der Waals surface area contributed by atoms with Gasteiger partial charge in [0.15, 0.2) is 5.82 Å². The number of aromatic amines is 1. The molecule has 1 aliphatic rings. The molecule has 10 nitrogen and oxygen atoms in total. The van der Waals surface area contributed by atoms with Gasteiger partial charge in [0.2, 0.25) is 0 Å². The highest BCUT2D eigenvalue weighted by Crippen LogP contribution is 2.43. The Hall–Kier alpha value is -4.34. The zero-order valence-electron chi connectivity index (χ0n) is 20.9. The van der Waals surface area contributed by atoms with Crippen molar-refractivity contribution in [2.24, 2.45) is 0 Å². The first-order chi connectivity index (χ1) is 17.0. The molecular weight excluding hydrogens is 464 g/mol. The molecular formula is C26H28N4O6. The molecule has 2 aromatic heterocycles. The monoisotopic (exact) mass is 492 g/mol. The average molecular weight is 493 g/mol. The highest BCUT2D eigenvalue weighted by atomic mass is 16.5. The lowest BCUT2D eigenvalue weighted by molar-refractivity contribution is -0.132. The van der Waals surface area contributed by atoms with Crippen LogP contribution in [0.2, 0.25) is 0 Å². The lowest BCUT2D eigenvalue weighted by Crippen LogP contribution is -2.29. The number of carbonyl (C=O) groups excluding carboxylic acids is 3. The summed E-state index contributed by atoms with van der Waals surface area (Å²) < 4.78 is 10.9. The molecule has 3 aromatic rings. The van der Waals surface area contributed by atoms with Crippen LogP contribution in [0.1, 0.15) is 58.5 Å². The van der Waals surface area contributed by atoms with Gasteiger partial charge >= 0.3 is 5.91 Å². The highest BCUT2D eigenvalue weighted by Gasteiger charge is 2.48. The van der Waals surface area contributed by atoms with Crippen molar-refractivity contribution in [1.82, 2.24) is 15.5 Å². The van der Waals surface area contributed by atoms with Gasteiger partial charge in [-0.15, -0.1) is 0 Å². The van der Waals surface area contributed by atoms with E-state index in [2.05, 4.69) is 15.5 Å². The van der Waals surface area contributed by atoms with Gasteiger partial charge < -0.3 is 24.7 Å². The number of ketones is 1. The van der Waals surface area contributed by atoms with Gasteiger partial charge in [-0.3, -0.25) is 19.3 Å². The van der Waals surface area contributed by atoms with Gasteiger partial charge in [0.1, 0.15) is 23.0 Å². The van der Waals surface area contributed by atoms with Gasteiger partial charge in [0.25, 0.3) is 11.7 Å². The lowest BCUT2D eigenvalue weighted by Gasteiger charge is -2.23. The largest absolute Gasteiger partial charge is 0.507 e. The molecule has 1 fully saturated rings. The van der Waals surface area contributed by atoms with E-state index in [1.165, 1.54) is 11.9 Å². The Kier molecular flexibility index (Phi) is 6.45. The number of nitrogens with zero attached hydrogens (tertiary/aromatic N) is 2. The fourth-order valence-corrected chi connectivity index (χ4v) is 4.44. The molecule has 1 aliphatic heterocycles. The molecule has 0 bridgehead atoms. The summed E-state index contributed by atoms with van der Waals surface area (Å²) in [7, 11) is 1.50. The summed E-state index contributed by atoms with van der Waals surface area (Å²) in [4.78, 5) is 43.0. The van der Waals surface area contributed by atoms with E-state index >= 15 is 0 Å². The number of rotatable bonds is 6. The first-order valence-electron chi connectivity index (χ1n) is 11.5. The van der Waals surface area contributed by atoms with E-state index < -0.39 is 17.7 Å². The molecule has 0 saturated carbocycles. The third-order valence-corrected chi connectivity index (χ3v) is 6.00. The zero-order chi connectivity index (χ0) is 26.3. The number of nitrogens with one attached hydrogen (secondary N) is 2. The second-order valence-electron chi connectivity index (χ2n) is 8.90. The number of aryl methyl sites for hydroxylation is 2. The number of aliphatic hydroxyl groups is 1. The van der Waals surface area contributed by atoms with Gasteiger partial charge in [0, 0.05) is 24.4 Å². The number of Topliss-reactive ketones (excluding diaryl/α,β-unsaturated/α-hetero) is 1. The lowest BCUT2D eigenvalue weighted by atomic mass is 9.94. The quantitative estimate of drug-likeness (QED) is 0.271. The Bertz CT molecular complexity index is 1380. The summed E-state index contributed by atoms with van der Waals surface area (Å²) in [6, 6.07) is 7.49. The second kappa shape index (κ2) is 9.37. The number of aromatic nitrogens is 2. The molecule has 0 radical (unpaired) electrons. The number of carbonyl (C=O) groups is 3. The maximum absolute atomic E-state index is 13.3. The number of benzene rings is 1. The summed E-state index contributed by atoms with van der Waals surface area (Å²) in [5.41, 5.74) is 1.91. The molecule has 4 rings (SSSR count). The maximum atomic E-state index is 13.3. The zero-order valence-corrected chi connectivity index (χ0v) is 20.9. The van der Waals surface area contributed by atoms with Gasteiger partial charge in [-0.05, 0) is 57.9 Å². The minimum atomic E-state index is -0.986. The smallest absolute Gasteiger partial charge is 0.301 e. The standard InChI is InChI=1S/C26H28N4O6/c1-12(2)35-17-9-7-16(8-10-17)22-20(24(32)26(34)30(22)18-11-13(3)36-29-18)23(31)19-14(4)21(25(33)27-6)28-15(19)5/h7-12,22,28,31H,1-6H3,(H,27,33)/b23-20+. The molecule has 0 spiro atoms. The van der Waals surface area contributed by atoms with Crippen LogP contribution in [0.25, 0.3) is 5.76 Å². The SMILES string of the molecule is CNC(=O)c1[nH]c(C)c(/C(O)=C2\C(=O)C(=O)N(c3cc(C)on3)C2c2ccc(OC(C)C)cc2)c1C. The van der Waals surface area contributed by atoms with Crippen molar-refractivity contribution in [1.29, 1.82) is 0 Å². The van der Waals surface area contributed by atoms with Crippen molar-refractivity contribution in [3.8, 4) is 5.75 Å². The summed E-state index contributed by atoms with van der Waals surface area (Å²) in [6.07, 6.45) is -0.0337. The van der Waals surface area contributed by atoms with Crippen molar-refractivity contribution < 1.29 is 28.8 Å². The van der Waals surface area contributed by atoms with Crippen LogP contribution in [-0.2, 0) is 9.59 Å². The minimum Gasteiger partial charge on any atom is -0.507 e. The fourth-order valence-electron chi connectivity index (χ4n) is 4.44. The molecule has 1 atom stereocenters. The van der Waals surface area contributed by atoms with E-state index in [-0.39, 0.29) is 40.4 Å². The predicted octanol–water partition coefficient (Wildman–Crippen LogP) is 3.70. The van der Waals surface area contributed by atoms with Crippen LogP contribution in [0, 0.1) is 20.8 Å². The molecule has 3 N–H and O–H groups in total. The molecule has 3 heterocycles. The van der Waals surface area contributed by atoms with Crippen molar-refractivity contribution in [3.05, 3.63) is 69.7 Å². The normalized spacial score (nSPS) is 17.2. The molecule has 1 unspecified atom stereocenters. The Morgan fingerprint density at radius 2 is 1.86 bits per heavy atom. The Morgan fingerprint density at radius 1 is 1.19 bits per heavy atom. The van der Waals surface area contributed by atoms with Crippen LogP contribution >= 0.6 is 0 Å². The Balaban J connectivity index is 1.93. The Labute approximate surface area is 207 Å². The van der Waals surface area contributed by atoms with Gasteiger partial charge in [0.05, 0.1) is 17.7 Å². The Morgan fingerprint density at radius 3 is 2.42 bits per heavy atom. The molecule has 1 aromatic carbocycles. The van der Waals surface area contributed by atoms with Gasteiger partial charge in [-0.2, -0.15) is 0 Å². The second-order valence-corrected chi connectivity index (χ2v) is 8.90. The van der Waals surface area contributed by atoms with E-state index in [9.17, 15) is 19.5 Å². The molecule has 36 heavy (non-hydrogen) atoms. The van der Waals surface area contributed by atoms with E-state index in [0.29, 0.717) is 28.3 Å². The third kappa shape index (κ3) is 4.15. The number of hydrogen-bond donors (Lipinski definition) is 3. The number of amides is 2. The van der Waals surface area contributed by atoms with E-state index in [0.717, 1.165) is 0 Å². The predicted molar refractivity (Wildman–Crippen MR) is 132 cm³/mol. The van der Waals surface area contributed by atoms with Crippen LogP contribution in [0.3, 0.4) is 0 Å². The maximum Gasteiger partial charge on any atom is 0.301 e. The summed E-state index contributed by atoms with van der Waals surface area (Å²) >= 11 is 0. The molecule has 10 heteroatoms. The number of H-pyrrole nitrogens is 1. The topological polar surface area (TPSA) is 138 Å². The van der Waals surface area contributed by atoms with Crippen LogP contribution in [0.5, 0.6) is 5.75 Å². The number of aliphatic hydroxyl groups excluding tert-OH is 1. The van der Waals surface area contributed by atoms with Crippen molar-refractivity contribution in [2.75, 3.05) is 11.9 Å². The molecule has 188 valence electrons. The highest BCUT2D eigenvalue weighted by molar-refractivity contribution is 6.51. The minimum absolute atomic E-state index is 0.0337. The van der Waals surface area contributed by atoms with E-state index in [4.69, 9.17) is 9.26 Å².